The number of carbonyl (C=O) groups is 1. The number of nitrogens with one attached hydrogen (secondary N) is 2. The molecule has 0 aromatic heterocycles. The zero-order valence-electron chi connectivity index (χ0n) is 16.2. The van der Waals surface area contributed by atoms with E-state index in [4.69, 9.17) is 9.47 Å². The van der Waals surface area contributed by atoms with Gasteiger partial charge < -0.3 is 25.0 Å². The second-order valence-corrected chi connectivity index (χ2v) is 6.09. The van der Waals surface area contributed by atoms with Gasteiger partial charge >= 0.3 is 0 Å². The molecule has 1 aromatic carbocycles. The molecule has 0 fully saturated rings. The number of para-hydroxylation sites is 1. The zero-order chi connectivity index (χ0) is 18.6. The van der Waals surface area contributed by atoms with Gasteiger partial charge in [-0.2, -0.15) is 0 Å². The summed E-state index contributed by atoms with van der Waals surface area (Å²) in [5.74, 6) is 0.684. The number of anilines is 1. The Labute approximate surface area is 178 Å². The van der Waals surface area contributed by atoms with E-state index in [1.54, 1.807) is 14.2 Å². The first kappa shape index (κ1) is 23.6. The number of ether oxygens (including phenoxy) is 2. The number of halogens is 1. The molecule has 7 nitrogen and oxygen atoms in total. The predicted molar refractivity (Wildman–Crippen MR) is 119 cm³/mol. The third-order valence-electron chi connectivity index (χ3n) is 4.23. The summed E-state index contributed by atoms with van der Waals surface area (Å²) in [5, 5.41) is 6.29. The first-order valence-corrected chi connectivity index (χ1v) is 9.15. The van der Waals surface area contributed by atoms with Crippen LogP contribution in [0.4, 0.5) is 5.69 Å². The fraction of sp³-hybridized carbons (Fsp3) is 0.579. The number of fused-ring (bicyclic) bond motifs is 1. The minimum absolute atomic E-state index is 0. The lowest BCUT2D eigenvalue weighted by Gasteiger charge is -2.29. The van der Waals surface area contributed by atoms with Crippen molar-refractivity contribution in [1.29, 1.82) is 0 Å². The minimum Gasteiger partial charge on any atom is -0.382 e. The summed E-state index contributed by atoms with van der Waals surface area (Å²) in [5.41, 5.74) is 2.27. The highest BCUT2D eigenvalue weighted by Gasteiger charge is 2.21. The molecular formula is C19H31IN4O3. The summed E-state index contributed by atoms with van der Waals surface area (Å²) in [6, 6.07) is 8.11. The molecular weight excluding hydrogens is 459 g/mol. The van der Waals surface area contributed by atoms with Crippen molar-refractivity contribution in [2.24, 2.45) is 4.99 Å². The maximum absolute atomic E-state index is 12.6. The number of amides is 1. The number of hydrogen-bond acceptors (Lipinski definition) is 4. The van der Waals surface area contributed by atoms with Gasteiger partial charge in [-0.3, -0.25) is 9.79 Å². The molecule has 1 heterocycles. The number of methoxy groups -OCH3 is 1. The Morgan fingerprint density at radius 2 is 2.04 bits per heavy atom. The van der Waals surface area contributed by atoms with Gasteiger partial charge in [0.15, 0.2) is 5.96 Å². The van der Waals surface area contributed by atoms with Gasteiger partial charge in [-0.05, 0) is 30.9 Å². The van der Waals surface area contributed by atoms with Crippen LogP contribution in [-0.2, 0) is 20.7 Å². The number of aryl methyl sites for hydroxylation is 1. The summed E-state index contributed by atoms with van der Waals surface area (Å²) < 4.78 is 10.3. The van der Waals surface area contributed by atoms with Crippen molar-refractivity contribution in [3.05, 3.63) is 29.8 Å². The molecule has 152 valence electrons. The molecule has 2 rings (SSSR count). The van der Waals surface area contributed by atoms with Crippen LogP contribution in [-0.4, -0.2) is 65.5 Å². The average molecular weight is 490 g/mol. The van der Waals surface area contributed by atoms with Gasteiger partial charge in [-0.25, -0.2) is 0 Å². The Hall–Kier alpha value is -1.39. The Morgan fingerprint density at radius 1 is 1.22 bits per heavy atom. The van der Waals surface area contributed by atoms with Crippen LogP contribution in [0, 0.1) is 0 Å². The molecule has 0 saturated heterocycles. The van der Waals surface area contributed by atoms with Crippen LogP contribution in [0.15, 0.2) is 29.3 Å². The second kappa shape index (κ2) is 13.7. The van der Waals surface area contributed by atoms with Gasteiger partial charge in [0.2, 0.25) is 5.91 Å². The van der Waals surface area contributed by atoms with Crippen molar-refractivity contribution in [2.45, 2.75) is 19.3 Å². The van der Waals surface area contributed by atoms with Crippen molar-refractivity contribution in [1.82, 2.24) is 10.6 Å². The van der Waals surface area contributed by atoms with Gasteiger partial charge in [-0.1, -0.05) is 18.2 Å². The Morgan fingerprint density at radius 3 is 2.81 bits per heavy atom. The highest BCUT2D eigenvalue weighted by atomic mass is 127. The number of carbonyl (C=O) groups excluding carboxylic acids is 1. The molecule has 0 unspecified atom stereocenters. The quantitative estimate of drug-likeness (QED) is 0.239. The van der Waals surface area contributed by atoms with Crippen LogP contribution in [0.2, 0.25) is 0 Å². The number of guanidine groups is 1. The average Bonchev–Trinajstić information content (AvgIpc) is 2.68. The van der Waals surface area contributed by atoms with Crippen LogP contribution in [0.5, 0.6) is 0 Å². The van der Waals surface area contributed by atoms with Crippen LogP contribution in [0.3, 0.4) is 0 Å². The summed E-state index contributed by atoms with van der Waals surface area (Å²) >= 11 is 0. The Kier molecular flexibility index (Phi) is 12.0. The normalized spacial score (nSPS) is 13.6. The van der Waals surface area contributed by atoms with Gasteiger partial charge in [0.1, 0.15) is 0 Å². The predicted octanol–water partition coefficient (Wildman–Crippen LogP) is 1.80. The topological polar surface area (TPSA) is 75.2 Å². The van der Waals surface area contributed by atoms with Gasteiger partial charge in [0, 0.05) is 39.5 Å². The Bertz CT molecular complexity index is 598. The van der Waals surface area contributed by atoms with Gasteiger partial charge in [0.05, 0.1) is 19.8 Å². The molecule has 1 amide bonds. The van der Waals surface area contributed by atoms with E-state index in [9.17, 15) is 4.79 Å². The molecule has 0 spiro atoms. The van der Waals surface area contributed by atoms with E-state index in [2.05, 4.69) is 21.7 Å². The van der Waals surface area contributed by atoms with Gasteiger partial charge in [0.25, 0.3) is 0 Å². The first-order chi connectivity index (χ1) is 12.8. The monoisotopic (exact) mass is 490 g/mol. The number of aliphatic imine (C=N–C) groups is 1. The van der Waals surface area contributed by atoms with E-state index in [-0.39, 0.29) is 36.4 Å². The van der Waals surface area contributed by atoms with Crippen LogP contribution in [0.1, 0.15) is 18.4 Å². The third kappa shape index (κ3) is 8.02. The lowest BCUT2D eigenvalue weighted by atomic mass is 10.0. The molecule has 0 aliphatic carbocycles. The fourth-order valence-corrected chi connectivity index (χ4v) is 2.89. The number of nitrogens with zero attached hydrogens (tertiary/aromatic N) is 2. The SMILES string of the molecule is CN=C(NCCCOCCOC)NCC(=O)N1CCCc2ccccc21.I. The molecule has 1 aromatic rings. The summed E-state index contributed by atoms with van der Waals surface area (Å²) in [6.45, 7) is 3.60. The fourth-order valence-electron chi connectivity index (χ4n) is 2.89. The number of rotatable bonds is 9. The molecule has 27 heavy (non-hydrogen) atoms. The molecule has 2 N–H and O–H groups in total. The van der Waals surface area contributed by atoms with E-state index >= 15 is 0 Å². The Balaban J connectivity index is 0.00000364. The summed E-state index contributed by atoms with van der Waals surface area (Å²) in [6.07, 6.45) is 2.89. The van der Waals surface area contributed by atoms with Crippen molar-refractivity contribution in [2.75, 3.05) is 58.5 Å². The van der Waals surface area contributed by atoms with Crippen molar-refractivity contribution < 1.29 is 14.3 Å². The summed E-state index contributed by atoms with van der Waals surface area (Å²) in [7, 11) is 3.36. The highest BCUT2D eigenvalue weighted by Crippen LogP contribution is 2.26. The molecule has 0 radical (unpaired) electrons. The molecule has 8 heteroatoms. The molecule has 0 atom stereocenters. The maximum atomic E-state index is 12.6. The maximum Gasteiger partial charge on any atom is 0.246 e. The molecule has 0 saturated carbocycles. The smallest absolute Gasteiger partial charge is 0.246 e. The highest BCUT2D eigenvalue weighted by molar-refractivity contribution is 14.0. The van der Waals surface area contributed by atoms with Crippen LogP contribution in [0.25, 0.3) is 0 Å². The number of benzene rings is 1. The van der Waals surface area contributed by atoms with Gasteiger partial charge in [-0.15, -0.1) is 24.0 Å². The molecule has 1 aliphatic rings. The van der Waals surface area contributed by atoms with E-state index in [1.165, 1.54) is 5.56 Å². The molecule has 0 bridgehead atoms. The van der Waals surface area contributed by atoms with Crippen LogP contribution >= 0.6 is 24.0 Å². The van der Waals surface area contributed by atoms with Crippen LogP contribution < -0.4 is 15.5 Å². The third-order valence-corrected chi connectivity index (χ3v) is 4.23. The minimum atomic E-state index is 0. The van der Waals surface area contributed by atoms with E-state index < -0.39 is 0 Å². The standard InChI is InChI=1S/C19H30N4O3.HI/c1-20-19(21-10-6-12-26-14-13-25-2)22-15-18(24)23-11-5-8-16-7-3-4-9-17(16)23;/h3-4,7,9H,5-6,8,10-15H2,1-2H3,(H2,20,21,22);1H. The largest absolute Gasteiger partial charge is 0.382 e. The summed E-state index contributed by atoms with van der Waals surface area (Å²) in [4.78, 5) is 18.6. The van der Waals surface area contributed by atoms with E-state index in [0.29, 0.717) is 25.8 Å². The van der Waals surface area contributed by atoms with Crippen molar-refractivity contribution in [3.63, 3.8) is 0 Å². The van der Waals surface area contributed by atoms with E-state index in [1.807, 2.05) is 23.1 Å². The first-order valence-electron chi connectivity index (χ1n) is 9.15. The lowest BCUT2D eigenvalue weighted by molar-refractivity contribution is -0.117. The lowest BCUT2D eigenvalue weighted by Crippen LogP contribution is -2.46. The number of hydrogen-bond donors (Lipinski definition) is 2. The second-order valence-electron chi connectivity index (χ2n) is 6.09. The molecule has 1 aliphatic heterocycles. The zero-order valence-corrected chi connectivity index (χ0v) is 18.5. The van der Waals surface area contributed by atoms with Crippen molar-refractivity contribution in [3.8, 4) is 0 Å². The van der Waals surface area contributed by atoms with E-state index in [0.717, 1.165) is 38.0 Å². The van der Waals surface area contributed by atoms with Crippen molar-refractivity contribution >= 4 is 41.5 Å².